The summed E-state index contributed by atoms with van der Waals surface area (Å²) in [4.78, 5) is 23.0. The molecule has 1 fully saturated rings. The van der Waals surface area contributed by atoms with Crippen LogP contribution in [0.1, 0.15) is 17.8 Å². The molecule has 0 aliphatic carbocycles. The van der Waals surface area contributed by atoms with Gasteiger partial charge in [0.1, 0.15) is 11.6 Å². The van der Waals surface area contributed by atoms with Crippen LogP contribution in [-0.4, -0.2) is 47.6 Å². The number of nitrogens with zero attached hydrogens (tertiary/aromatic N) is 3. The minimum absolute atomic E-state index is 0.0787. The number of amides is 1. The van der Waals surface area contributed by atoms with E-state index in [1.165, 1.54) is 0 Å². The van der Waals surface area contributed by atoms with Gasteiger partial charge in [-0.25, -0.2) is 4.98 Å². The van der Waals surface area contributed by atoms with Crippen molar-refractivity contribution in [3.05, 3.63) is 35.0 Å². The van der Waals surface area contributed by atoms with Crippen LogP contribution in [0.5, 0.6) is 0 Å². The van der Waals surface area contributed by atoms with Gasteiger partial charge in [0.15, 0.2) is 0 Å². The summed E-state index contributed by atoms with van der Waals surface area (Å²) in [7, 11) is 1.56. The van der Waals surface area contributed by atoms with Crippen LogP contribution in [0.2, 0.25) is 0 Å². The van der Waals surface area contributed by atoms with Crippen LogP contribution in [-0.2, 0) is 16.0 Å². The Morgan fingerprint density at radius 2 is 2.30 bits per heavy atom. The summed E-state index contributed by atoms with van der Waals surface area (Å²) in [6.07, 6.45) is 1.92. The molecule has 122 valence electrons. The van der Waals surface area contributed by atoms with Gasteiger partial charge in [0.2, 0.25) is 5.91 Å². The minimum atomic E-state index is 0.0787. The zero-order valence-electron chi connectivity index (χ0n) is 13.5. The van der Waals surface area contributed by atoms with Crippen molar-refractivity contribution in [3.63, 3.8) is 0 Å². The predicted molar refractivity (Wildman–Crippen MR) is 90.3 cm³/mol. The topological polar surface area (TPSA) is 55.3 Å². The monoisotopic (exact) mass is 331 g/mol. The van der Waals surface area contributed by atoms with Gasteiger partial charge in [0.05, 0.1) is 5.69 Å². The SMILES string of the molecule is COCC(=O)N1CC[C@@H](Cc2cccc(-c3nc(C)cs3)n2)C1. The number of likely N-dealkylation sites (tertiary alicyclic amines) is 1. The largest absolute Gasteiger partial charge is 0.375 e. The highest BCUT2D eigenvalue weighted by Gasteiger charge is 2.26. The van der Waals surface area contributed by atoms with Crippen molar-refractivity contribution in [3.8, 4) is 10.7 Å². The third-order valence-electron chi connectivity index (χ3n) is 4.05. The van der Waals surface area contributed by atoms with Crippen molar-refractivity contribution >= 4 is 17.2 Å². The van der Waals surface area contributed by atoms with Crippen molar-refractivity contribution in [2.75, 3.05) is 26.8 Å². The van der Waals surface area contributed by atoms with Crippen LogP contribution in [0.3, 0.4) is 0 Å². The molecular weight excluding hydrogens is 310 g/mol. The Hall–Kier alpha value is -1.79. The molecule has 3 heterocycles. The number of pyridine rings is 1. The fraction of sp³-hybridized carbons (Fsp3) is 0.471. The van der Waals surface area contributed by atoms with Crippen LogP contribution in [0, 0.1) is 12.8 Å². The second-order valence-electron chi connectivity index (χ2n) is 5.94. The molecule has 0 unspecified atom stereocenters. The Kier molecular flexibility index (Phi) is 5.03. The fourth-order valence-electron chi connectivity index (χ4n) is 2.92. The Morgan fingerprint density at radius 1 is 1.43 bits per heavy atom. The maximum absolute atomic E-state index is 11.9. The molecule has 0 aromatic carbocycles. The molecule has 2 aromatic rings. The third kappa shape index (κ3) is 3.95. The zero-order chi connectivity index (χ0) is 16.2. The first-order valence-electron chi connectivity index (χ1n) is 7.81. The summed E-state index contributed by atoms with van der Waals surface area (Å²) < 4.78 is 4.93. The van der Waals surface area contributed by atoms with Crippen molar-refractivity contribution in [1.82, 2.24) is 14.9 Å². The van der Waals surface area contributed by atoms with Crippen molar-refractivity contribution in [2.45, 2.75) is 19.8 Å². The van der Waals surface area contributed by atoms with Gasteiger partial charge in [-0.2, -0.15) is 0 Å². The van der Waals surface area contributed by atoms with E-state index in [1.807, 2.05) is 29.3 Å². The highest BCUT2D eigenvalue weighted by Crippen LogP contribution is 2.24. The van der Waals surface area contributed by atoms with Crippen molar-refractivity contribution in [2.24, 2.45) is 5.92 Å². The summed E-state index contributed by atoms with van der Waals surface area (Å²) in [6.45, 7) is 3.78. The molecule has 5 nitrogen and oxygen atoms in total. The van der Waals surface area contributed by atoms with Crippen LogP contribution < -0.4 is 0 Å². The lowest BCUT2D eigenvalue weighted by Gasteiger charge is -2.15. The molecule has 0 bridgehead atoms. The molecule has 6 heteroatoms. The zero-order valence-corrected chi connectivity index (χ0v) is 14.3. The van der Waals surface area contributed by atoms with E-state index in [9.17, 15) is 4.79 Å². The van der Waals surface area contributed by atoms with E-state index >= 15 is 0 Å². The van der Waals surface area contributed by atoms with E-state index in [-0.39, 0.29) is 12.5 Å². The number of ether oxygens (including phenoxy) is 1. The number of rotatable bonds is 5. The van der Waals surface area contributed by atoms with E-state index < -0.39 is 0 Å². The van der Waals surface area contributed by atoms with Crippen LogP contribution in [0.25, 0.3) is 10.7 Å². The highest BCUT2D eigenvalue weighted by molar-refractivity contribution is 7.13. The number of aromatic nitrogens is 2. The molecule has 0 radical (unpaired) electrons. The lowest BCUT2D eigenvalue weighted by Crippen LogP contribution is -2.31. The minimum Gasteiger partial charge on any atom is -0.375 e. The van der Waals surface area contributed by atoms with Gasteiger partial charge in [0.25, 0.3) is 0 Å². The lowest BCUT2D eigenvalue weighted by atomic mass is 10.0. The number of thiazole rings is 1. The Balaban J connectivity index is 1.64. The average molecular weight is 331 g/mol. The summed E-state index contributed by atoms with van der Waals surface area (Å²) in [6, 6.07) is 6.10. The Bertz CT molecular complexity index is 686. The first-order chi connectivity index (χ1) is 11.2. The molecule has 0 spiro atoms. The molecule has 1 aliphatic rings. The van der Waals surface area contributed by atoms with Crippen LogP contribution in [0.15, 0.2) is 23.6 Å². The first kappa shape index (κ1) is 16.1. The van der Waals surface area contributed by atoms with Gasteiger partial charge in [-0.05, 0) is 37.8 Å². The van der Waals surface area contributed by atoms with Gasteiger partial charge < -0.3 is 9.64 Å². The first-order valence-corrected chi connectivity index (χ1v) is 8.69. The highest BCUT2D eigenvalue weighted by atomic mass is 32.1. The van der Waals surface area contributed by atoms with E-state index in [1.54, 1.807) is 18.4 Å². The normalized spacial score (nSPS) is 17.7. The van der Waals surface area contributed by atoms with E-state index in [2.05, 4.69) is 11.1 Å². The number of methoxy groups -OCH3 is 1. The summed E-state index contributed by atoms with van der Waals surface area (Å²) in [5.41, 5.74) is 3.03. The number of carbonyl (C=O) groups excluding carboxylic acids is 1. The summed E-state index contributed by atoms with van der Waals surface area (Å²) in [5.74, 6) is 0.548. The van der Waals surface area contributed by atoms with Gasteiger partial charge in [0, 0.05) is 37.0 Å². The van der Waals surface area contributed by atoms with Crippen LogP contribution >= 0.6 is 11.3 Å². The van der Waals surface area contributed by atoms with Crippen LogP contribution in [0.4, 0.5) is 0 Å². The van der Waals surface area contributed by atoms with E-state index in [4.69, 9.17) is 9.72 Å². The molecular formula is C17H21N3O2S. The molecule has 1 amide bonds. The number of hydrogen-bond acceptors (Lipinski definition) is 5. The quantitative estimate of drug-likeness (QED) is 0.845. The smallest absolute Gasteiger partial charge is 0.248 e. The lowest BCUT2D eigenvalue weighted by molar-refractivity contribution is -0.134. The molecule has 0 saturated carbocycles. The van der Waals surface area contributed by atoms with Gasteiger partial charge in [-0.1, -0.05) is 6.07 Å². The maximum atomic E-state index is 11.9. The van der Waals surface area contributed by atoms with Crippen molar-refractivity contribution in [1.29, 1.82) is 0 Å². The van der Waals surface area contributed by atoms with E-state index in [0.29, 0.717) is 5.92 Å². The standard InChI is InChI=1S/C17H21N3O2S/c1-12-11-23-17(18-12)15-5-3-4-14(19-15)8-13-6-7-20(9-13)16(21)10-22-2/h3-5,11,13H,6-10H2,1-2H3/t13-/m0/s1. The number of hydrogen-bond donors (Lipinski definition) is 0. The Morgan fingerprint density at radius 3 is 3.04 bits per heavy atom. The summed E-state index contributed by atoms with van der Waals surface area (Å²) in [5, 5.41) is 3.01. The second kappa shape index (κ2) is 7.19. The molecule has 2 aromatic heterocycles. The number of carbonyl (C=O) groups is 1. The van der Waals surface area contributed by atoms with E-state index in [0.717, 1.165) is 48.0 Å². The Labute approximate surface area is 140 Å². The molecule has 23 heavy (non-hydrogen) atoms. The van der Waals surface area contributed by atoms with Gasteiger partial charge in [-0.15, -0.1) is 11.3 Å². The molecule has 1 saturated heterocycles. The molecule has 3 rings (SSSR count). The molecule has 0 N–H and O–H groups in total. The van der Waals surface area contributed by atoms with Crippen molar-refractivity contribution < 1.29 is 9.53 Å². The second-order valence-corrected chi connectivity index (χ2v) is 6.80. The fourth-order valence-corrected chi connectivity index (χ4v) is 3.69. The molecule has 1 aliphatic heterocycles. The third-order valence-corrected chi connectivity index (χ3v) is 5.03. The average Bonchev–Trinajstić information content (AvgIpc) is 3.17. The predicted octanol–water partition coefficient (Wildman–Crippen LogP) is 2.55. The maximum Gasteiger partial charge on any atom is 0.248 e. The molecule has 1 atom stereocenters. The van der Waals surface area contributed by atoms with Gasteiger partial charge in [-0.3, -0.25) is 9.78 Å². The summed E-state index contributed by atoms with van der Waals surface area (Å²) >= 11 is 1.62. The van der Waals surface area contributed by atoms with Gasteiger partial charge >= 0.3 is 0 Å². The number of aryl methyl sites for hydroxylation is 1.